The zero-order valence-corrected chi connectivity index (χ0v) is 9.32. The normalized spacial score (nSPS) is 13.6. The first-order valence-electron chi connectivity index (χ1n) is 5.14. The van der Waals surface area contributed by atoms with Crippen LogP contribution in [0.4, 0.5) is 13.2 Å². The second-order valence-corrected chi connectivity index (χ2v) is 3.53. The van der Waals surface area contributed by atoms with Crippen LogP contribution in [-0.2, 0) is 4.79 Å². The number of carbonyl (C=O) groups excluding carboxylic acids is 1. The van der Waals surface area contributed by atoms with Crippen molar-refractivity contribution in [2.24, 2.45) is 0 Å². The van der Waals surface area contributed by atoms with Crippen molar-refractivity contribution in [1.29, 1.82) is 0 Å². The molecule has 1 rings (SSSR count). The highest BCUT2D eigenvalue weighted by atomic mass is 19.4. The number of amides is 1. The zero-order chi connectivity index (χ0) is 13.6. The molecule has 0 unspecified atom stereocenters. The van der Waals surface area contributed by atoms with Gasteiger partial charge in [0.1, 0.15) is 0 Å². The maximum absolute atomic E-state index is 11.8. The molecule has 0 saturated heterocycles. The van der Waals surface area contributed by atoms with Crippen molar-refractivity contribution in [3.05, 3.63) is 48.0 Å². The Morgan fingerprint density at radius 1 is 1.33 bits per heavy atom. The molecule has 0 aliphatic heterocycles. The van der Waals surface area contributed by atoms with Gasteiger partial charge in [-0.2, -0.15) is 13.2 Å². The molecule has 2 N–H and O–H groups in total. The molecule has 1 aromatic carbocycles. The molecule has 0 heterocycles. The number of aliphatic hydroxyl groups is 1. The summed E-state index contributed by atoms with van der Waals surface area (Å²) in [5, 5.41) is 11.4. The Morgan fingerprint density at radius 3 is 2.44 bits per heavy atom. The predicted molar refractivity (Wildman–Crippen MR) is 59.6 cm³/mol. The van der Waals surface area contributed by atoms with E-state index >= 15 is 0 Å². The van der Waals surface area contributed by atoms with Crippen LogP contribution in [0.25, 0.3) is 0 Å². The number of rotatable bonds is 4. The van der Waals surface area contributed by atoms with E-state index in [4.69, 9.17) is 5.11 Å². The van der Waals surface area contributed by atoms with Crippen molar-refractivity contribution in [2.45, 2.75) is 12.2 Å². The van der Waals surface area contributed by atoms with Crippen LogP contribution in [0, 0.1) is 0 Å². The van der Waals surface area contributed by atoms with Crippen LogP contribution in [0.2, 0.25) is 0 Å². The van der Waals surface area contributed by atoms with Gasteiger partial charge in [0, 0.05) is 12.2 Å². The number of nitrogens with one attached hydrogen (secondary N) is 1. The smallest absolute Gasteiger partial charge is 0.394 e. The van der Waals surface area contributed by atoms with Crippen LogP contribution in [0.5, 0.6) is 0 Å². The van der Waals surface area contributed by atoms with Crippen LogP contribution in [0.1, 0.15) is 11.6 Å². The third-order valence-electron chi connectivity index (χ3n) is 2.12. The first kappa shape index (κ1) is 14.2. The summed E-state index contributed by atoms with van der Waals surface area (Å²) in [7, 11) is 0. The minimum Gasteiger partial charge on any atom is -0.394 e. The lowest BCUT2D eigenvalue weighted by molar-refractivity contribution is -0.118. The van der Waals surface area contributed by atoms with Crippen molar-refractivity contribution in [3.63, 3.8) is 0 Å². The molecule has 98 valence electrons. The molecule has 0 fully saturated rings. The summed E-state index contributed by atoms with van der Waals surface area (Å²) < 4.78 is 35.5. The molecule has 0 aliphatic carbocycles. The van der Waals surface area contributed by atoms with Crippen LogP contribution in [-0.4, -0.2) is 23.8 Å². The average Bonchev–Trinajstić information content (AvgIpc) is 2.33. The summed E-state index contributed by atoms with van der Waals surface area (Å²) in [5.41, 5.74) is 0.619. The van der Waals surface area contributed by atoms with E-state index in [9.17, 15) is 18.0 Å². The van der Waals surface area contributed by atoms with Crippen molar-refractivity contribution < 1.29 is 23.1 Å². The molecular formula is C12H12F3NO2. The van der Waals surface area contributed by atoms with E-state index in [0.29, 0.717) is 11.6 Å². The largest absolute Gasteiger partial charge is 0.409 e. The second-order valence-electron chi connectivity index (χ2n) is 3.53. The van der Waals surface area contributed by atoms with Crippen LogP contribution < -0.4 is 5.32 Å². The van der Waals surface area contributed by atoms with Gasteiger partial charge < -0.3 is 10.4 Å². The van der Waals surface area contributed by atoms with E-state index in [-0.39, 0.29) is 6.08 Å². The minimum absolute atomic E-state index is 0.151. The van der Waals surface area contributed by atoms with Gasteiger partial charge in [-0.1, -0.05) is 30.3 Å². The van der Waals surface area contributed by atoms with E-state index in [2.05, 4.69) is 5.32 Å². The van der Waals surface area contributed by atoms with Crippen LogP contribution in [0.3, 0.4) is 0 Å². The Bertz CT molecular complexity index is 415. The number of halogens is 3. The molecule has 1 atom stereocenters. The minimum atomic E-state index is -4.53. The molecule has 1 aromatic rings. The van der Waals surface area contributed by atoms with E-state index in [0.717, 1.165) is 0 Å². The number of hydrogen-bond donors (Lipinski definition) is 2. The number of alkyl halides is 3. The Kier molecular flexibility index (Phi) is 4.91. The third kappa shape index (κ3) is 5.01. The first-order chi connectivity index (χ1) is 8.42. The number of carbonyl (C=O) groups is 1. The van der Waals surface area contributed by atoms with Gasteiger partial charge in [0.2, 0.25) is 5.91 Å². The topological polar surface area (TPSA) is 49.3 Å². The lowest BCUT2D eigenvalue weighted by Gasteiger charge is -2.15. The van der Waals surface area contributed by atoms with Crippen LogP contribution >= 0.6 is 0 Å². The first-order valence-corrected chi connectivity index (χ1v) is 5.14. The van der Waals surface area contributed by atoms with E-state index in [1.807, 2.05) is 0 Å². The lowest BCUT2D eigenvalue weighted by atomic mass is 10.1. The number of allylic oxidation sites excluding steroid dienone is 1. The predicted octanol–water partition coefficient (Wildman–Crippen LogP) is 1.95. The summed E-state index contributed by atoms with van der Waals surface area (Å²) >= 11 is 0. The highest BCUT2D eigenvalue weighted by Crippen LogP contribution is 2.16. The maximum atomic E-state index is 11.8. The van der Waals surface area contributed by atoms with E-state index in [1.165, 1.54) is 0 Å². The highest BCUT2D eigenvalue weighted by Gasteiger charge is 2.23. The molecule has 6 heteroatoms. The fourth-order valence-electron chi connectivity index (χ4n) is 1.31. The van der Waals surface area contributed by atoms with Gasteiger partial charge in [-0.25, -0.2) is 0 Å². The van der Waals surface area contributed by atoms with Crippen molar-refractivity contribution in [1.82, 2.24) is 5.32 Å². The number of benzene rings is 1. The molecule has 1 amide bonds. The Labute approximate surface area is 102 Å². The third-order valence-corrected chi connectivity index (χ3v) is 2.12. The van der Waals surface area contributed by atoms with Gasteiger partial charge in [0.25, 0.3) is 0 Å². The van der Waals surface area contributed by atoms with Crippen LogP contribution in [0.15, 0.2) is 42.5 Å². The second kappa shape index (κ2) is 6.20. The van der Waals surface area contributed by atoms with Gasteiger partial charge in [0.15, 0.2) is 0 Å². The summed E-state index contributed by atoms with van der Waals surface area (Å²) in [6.07, 6.45) is -4.29. The van der Waals surface area contributed by atoms with Crippen molar-refractivity contribution in [3.8, 4) is 0 Å². The highest BCUT2D eigenvalue weighted by molar-refractivity contribution is 5.87. The molecule has 0 saturated carbocycles. The SMILES string of the molecule is O=C(/C=C/C(F)(F)F)N[C@@H](CO)c1ccccc1. The lowest BCUT2D eigenvalue weighted by Crippen LogP contribution is -2.29. The average molecular weight is 259 g/mol. The van der Waals surface area contributed by atoms with Crippen molar-refractivity contribution in [2.75, 3.05) is 6.61 Å². The van der Waals surface area contributed by atoms with Gasteiger partial charge >= 0.3 is 6.18 Å². The fraction of sp³-hybridized carbons (Fsp3) is 0.250. The van der Waals surface area contributed by atoms with Gasteiger partial charge in [-0.15, -0.1) is 0 Å². The maximum Gasteiger partial charge on any atom is 0.409 e. The molecule has 0 radical (unpaired) electrons. The Hall–Kier alpha value is -1.82. The molecule has 0 aromatic heterocycles. The molecule has 0 bridgehead atoms. The number of aliphatic hydroxyl groups excluding tert-OH is 1. The quantitative estimate of drug-likeness (QED) is 0.812. The summed E-state index contributed by atoms with van der Waals surface area (Å²) in [6.45, 7) is -0.393. The molecule has 3 nitrogen and oxygen atoms in total. The molecule has 0 aliphatic rings. The standard InChI is InChI=1S/C12H12F3NO2/c13-12(14,15)7-6-11(18)16-10(8-17)9-4-2-1-3-5-9/h1-7,10,17H,8H2,(H,16,18)/b7-6+/t10-/m0/s1. The van der Waals surface area contributed by atoms with E-state index < -0.39 is 24.7 Å². The monoisotopic (exact) mass is 259 g/mol. The Morgan fingerprint density at radius 2 is 1.94 bits per heavy atom. The summed E-state index contributed by atoms with van der Waals surface area (Å²) in [6, 6.07) is 7.76. The molecular weight excluding hydrogens is 247 g/mol. The molecule has 18 heavy (non-hydrogen) atoms. The zero-order valence-electron chi connectivity index (χ0n) is 9.32. The van der Waals surface area contributed by atoms with Crippen molar-refractivity contribution >= 4 is 5.91 Å². The summed E-state index contributed by atoms with van der Waals surface area (Å²) in [4.78, 5) is 11.2. The van der Waals surface area contributed by atoms with Gasteiger partial charge in [-0.3, -0.25) is 4.79 Å². The fourth-order valence-corrected chi connectivity index (χ4v) is 1.31. The Balaban J connectivity index is 2.65. The summed E-state index contributed by atoms with van der Waals surface area (Å²) in [5.74, 6) is -0.907. The number of hydrogen-bond acceptors (Lipinski definition) is 2. The van der Waals surface area contributed by atoms with E-state index in [1.54, 1.807) is 30.3 Å². The molecule has 0 spiro atoms. The van der Waals surface area contributed by atoms with Gasteiger partial charge in [-0.05, 0) is 5.56 Å². The van der Waals surface area contributed by atoms with Gasteiger partial charge in [0.05, 0.1) is 12.6 Å².